The fourth-order valence-corrected chi connectivity index (χ4v) is 2.13. The molecule has 0 aromatic heterocycles. The second-order valence-corrected chi connectivity index (χ2v) is 3.91. The lowest BCUT2D eigenvalue weighted by molar-refractivity contribution is 0.0991. The molecule has 0 radical (unpaired) electrons. The van der Waals surface area contributed by atoms with E-state index in [4.69, 9.17) is 0 Å². The molecule has 0 atom stereocenters. The summed E-state index contributed by atoms with van der Waals surface area (Å²) < 4.78 is 0. The van der Waals surface area contributed by atoms with E-state index in [1.165, 1.54) is 5.56 Å². The number of nitrogens with one attached hydrogen (secondary N) is 1. The molecular weight excluding hydrogens is 190 g/mol. The van der Waals surface area contributed by atoms with Crippen LogP contribution in [0.1, 0.15) is 27.9 Å². The van der Waals surface area contributed by atoms with E-state index in [1.54, 1.807) is 13.1 Å². The Balaban J connectivity index is 2.38. The van der Waals surface area contributed by atoms with E-state index in [9.17, 15) is 9.90 Å². The first kappa shape index (κ1) is 10.2. The van der Waals surface area contributed by atoms with Crippen LogP contribution in [0.5, 0.6) is 5.75 Å². The largest absolute Gasteiger partial charge is 0.507 e. The summed E-state index contributed by atoms with van der Waals surface area (Å²) in [7, 11) is 1.72. The summed E-state index contributed by atoms with van der Waals surface area (Å²) >= 11 is 0. The lowest BCUT2D eigenvalue weighted by Crippen LogP contribution is -2.18. The Morgan fingerprint density at radius 2 is 2.27 bits per heavy atom. The number of Topliss-reactive ketones (excluding diaryl/α,β-unsaturated/α-hetero) is 1. The van der Waals surface area contributed by atoms with Crippen molar-refractivity contribution in [3.8, 4) is 5.75 Å². The molecule has 2 rings (SSSR count). The molecule has 0 saturated carbocycles. The van der Waals surface area contributed by atoms with Gasteiger partial charge in [-0.2, -0.15) is 0 Å². The monoisotopic (exact) mass is 205 g/mol. The minimum Gasteiger partial charge on any atom is -0.507 e. The fourth-order valence-electron chi connectivity index (χ4n) is 2.13. The van der Waals surface area contributed by atoms with Crippen LogP contribution in [0.2, 0.25) is 0 Å². The minimum atomic E-state index is -0.0512. The Kier molecular flexibility index (Phi) is 2.73. The molecule has 3 nitrogen and oxygen atoms in total. The van der Waals surface area contributed by atoms with Crippen molar-refractivity contribution in [2.24, 2.45) is 0 Å². The smallest absolute Gasteiger partial charge is 0.180 e. The first-order valence-corrected chi connectivity index (χ1v) is 5.25. The lowest BCUT2D eigenvalue weighted by atomic mass is 10.0. The molecule has 15 heavy (non-hydrogen) atoms. The number of likely N-dealkylation sites (N-methyl/N-ethyl adjacent to an activating group) is 1. The number of aryl methyl sites for hydroxylation is 1. The fraction of sp³-hybridized carbons (Fsp3) is 0.417. The number of rotatable bonds is 3. The van der Waals surface area contributed by atoms with E-state index in [1.807, 2.05) is 6.07 Å². The molecule has 0 fully saturated rings. The molecule has 1 aromatic rings. The third kappa shape index (κ3) is 1.75. The number of fused-ring (bicyclic) bond motifs is 1. The normalized spacial score (nSPS) is 13.9. The van der Waals surface area contributed by atoms with Gasteiger partial charge in [-0.3, -0.25) is 4.79 Å². The van der Waals surface area contributed by atoms with Crippen molar-refractivity contribution in [3.63, 3.8) is 0 Å². The van der Waals surface area contributed by atoms with Crippen LogP contribution >= 0.6 is 0 Å². The maximum atomic E-state index is 11.6. The van der Waals surface area contributed by atoms with Crippen LogP contribution in [0.25, 0.3) is 0 Å². The van der Waals surface area contributed by atoms with Crippen molar-refractivity contribution in [1.29, 1.82) is 0 Å². The van der Waals surface area contributed by atoms with Gasteiger partial charge < -0.3 is 10.4 Å². The number of carbonyl (C=O) groups excluding carboxylic acids is 1. The quantitative estimate of drug-likeness (QED) is 0.731. The maximum absolute atomic E-state index is 11.6. The van der Waals surface area contributed by atoms with Gasteiger partial charge in [-0.25, -0.2) is 0 Å². The van der Waals surface area contributed by atoms with Crippen LogP contribution in [0, 0.1) is 0 Å². The van der Waals surface area contributed by atoms with Gasteiger partial charge in [0.2, 0.25) is 0 Å². The average molecular weight is 205 g/mol. The van der Waals surface area contributed by atoms with Crippen molar-refractivity contribution in [1.82, 2.24) is 5.32 Å². The third-order valence-corrected chi connectivity index (χ3v) is 2.89. The van der Waals surface area contributed by atoms with Gasteiger partial charge in [0.05, 0.1) is 12.1 Å². The zero-order valence-electron chi connectivity index (χ0n) is 8.84. The van der Waals surface area contributed by atoms with Crippen LogP contribution in [-0.2, 0) is 12.8 Å². The van der Waals surface area contributed by atoms with Crippen LogP contribution in [0.4, 0.5) is 0 Å². The first-order valence-electron chi connectivity index (χ1n) is 5.25. The number of hydrogen-bond acceptors (Lipinski definition) is 3. The molecule has 2 N–H and O–H groups in total. The number of ketones is 1. The second kappa shape index (κ2) is 4.03. The van der Waals surface area contributed by atoms with Gasteiger partial charge in [-0.1, -0.05) is 6.07 Å². The first-order chi connectivity index (χ1) is 7.24. The summed E-state index contributed by atoms with van der Waals surface area (Å²) in [5, 5.41) is 12.8. The number of phenols is 1. The lowest BCUT2D eigenvalue weighted by Gasteiger charge is -2.08. The van der Waals surface area contributed by atoms with Crippen molar-refractivity contribution < 1.29 is 9.90 Å². The van der Waals surface area contributed by atoms with E-state index < -0.39 is 0 Å². The van der Waals surface area contributed by atoms with Gasteiger partial charge in [0.15, 0.2) is 5.78 Å². The summed E-state index contributed by atoms with van der Waals surface area (Å²) in [6.45, 7) is 0.270. The predicted octanol–water partition coefficient (Wildman–Crippen LogP) is 1.28. The Hall–Kier alpha value is -1.35. The number of aromatic hydroxyl groups is 1. The van der Waals surface area contributed by atoms with Crippen molar-refractivity contribution in [2.45, 2.75) is 19.3 Å². The molecular formula is C12H15NO2. The summed E-state index contributed by atoms with van der Waals surface area (Å²) in [6.07, 6.45) is 2.98. The van der Waals surface area contributed by atoms with Crippen LogP contribution < -0.4 is 5.32 Å². The summed E-state index contributed by atoms with van der Waals surface area (Å²) in [5.41, 5.74) is 2.61. The van der Waals surface area contributed by atoms with Crippen molar-refractivity contribution in [3.05, 3.63) is 28.8 Å². The van der Waals surface area contributed by atoms with Gasteiger partial charge in [-0.05, 0) is 43.5 Å². The van der Waals surface area contributed by atoms with Gasteiger partial charge >= 0.3 is 0 Å². The molecule has 1 aromatic carbocycles. The average Bonchev–Trinajstić information content (AvgIpc) is 2.67. The zero-order valence-corrected chi connectivity index (χ0v) is 8.84. The topological polar surface area (TPSA) is 49.3 Å². The molecule has 0 bridgehead atoms. The Bertz CT molecular complexity index is 399. The number of carbonyl (C=O) groups is 1. The molecule has 0 saturated heterocycles. The summed E-state index contributed by atoms with van der Waals surface area (Å²) in [6, 6.07) is 3.70. The highest BCUT2D eigenvalue weighted by atomic mass is 16.3. The van der Waals surface area contributed by atoms with Gasteiger partial charge in [0.25, 0.3) is 0 Å². The van der Waals surface area contributed by atoms with Gasteiger partial charge in [0, 0.05) is 0 Å². The molecule has 0 unspecified atom stereocenters. The molecule has 1 aliphatic rings. The van der Waals surface area contributed by atoms with Crippen molar-refractivity contribution >= 4 is 5.78 Å². The highest BCUT2D eigenvalue weighted by Gasteiger charge is 2.20. The van der Waals surface area contributed by atoms with Crippen LogP contribution in [0.15, 0.2) is 12.1 Å². The zero-order chi connectivity index (χ0) is 10.8. The van der Waals surface area contributed by atoms with Gasteiger partial charge in [0.1, 0.15) is 5.75 Å². The van der Waals surface area contributed by atoms with Crippen LogP contribution in [0.3, 0.4) is 0 Å². The van der Waals surface area contributed by atoms with E-state index in [0.29, 0.717) is 5.56 Å². The standard InChI is InChI=1S/C12H15NO2/c1-13-7-11(14)10-6-5-8-3-2-4-9(8)12(10)15/h5-6,13,15H,2-4,7H2,1H3. The molecule has 0 amide bonds. The Morgan fingerprint density at radius 1 is 1.47 bits per heavy atom. The second-order valence-electron chi connectivity index (χ2n) is 3.91. The molecule has 3 heteroatoms. The molecule has 80 valence electrons. The minimum absolute atomic E-state index is 0.0512. The van der Waals surface area contributed by atoms with E-state index in [2.05, 4.69) is 5.32 Å². The van der Waals surface area contributed by atoms with Gasteiger partial charge in [-0.15, -0.1) is 0 Å². The Labute approximate surface area is 89.1 Å². The molecule has 1 aliphatic carbocycles. The number of phenolic OH excluding ortho intramolecular Hbond substituents is 1. The van der Waals surface area contributed by atoms with E-state index in [0.717, 1.165) is 24.8 Å². The van der Waals surface area contributed by atoms with E-state index in [-0.39, 0.29) is 18.1 Å². The van der Waals surface area contributed by atoms with E-state index >= 15 is 0 Å². The number of benzene rings is 1. The molecule has 0 heterocycles. The highest BCUT2D eigenvalue weighted by molar-refractivity contribution is 6.00. The Morgan fingerprint density at radius 3 is 3.00 bits per heavy atom. The summed E-state index contributed by atoms with van der Waals surface area (Å²) in [5.74, 6) is 0.148. The highest BCUT2D eigenvalue weighted by Crippen LogP contribution is 2.32. The molecule has 0 aliphatic heterocycles. The predicted molar refractivity (Wildman–Crippen MR) is 58.4 cm³/mol. The SMILES string of the molecule is CNCC(=O)c1ccc2c(c1O)CCC2. The van der Waals surface area contributed by atoms with Crippen molar-refractivity contribution in [2.75, 3.05) is 13.6 Å². The third-order valence-electron chi connectivity index (χ3n) is 2.89. The number of hydrogen-bond donors (Lipinski definition) is 2. The summed E-state index contributed by atoms with van der Waals surface area (Å²) in [4.78, 5) is 11.6. The maximum Gasteiger partial charge on any atom is 0.180 e. The van der Waals surface area contributed by atoms with Crippen LogP contribution in [-0.4, -0.2) is 24.5 Å². The molecule has 0 spiro atoms.